The van der Waals surface area contributed by atoms with Crippen molar-refractivity contribution in [2.45, 2.75) is 6.54 Å². The normalized spacial score (nSPS) is 15.5. The molecule has 1 fully saturated rings. The van der Waals surface area contributed by atoms with Crippen LogP contribution in [0.1, 0.15) is 11.1 Å². The molecule has 30 heavy (non-hydrogen) atoms. The molecule has 152 valence electrons. The number of benzene rings is 2. The molecular formula is C21H13Cl2N2O3S2-. The summed E-state index contributed by atoms with van der Waals surface area (Å²) in [5.74, 6) is -1.80. The lowest BCUT2D eigenvalue weighted by Crippen LogP contribution is -2.40. The van der Waals surface area contributed by atoms with Crippen LogP contribution in [0.5, 0.6) is 0 Å². The zero-order valence-corrected chi connectivity index (χ0v) is 18.4. The zero-order valence-electron chi connectivity index (χ0n) is 15.3. The number of nitrogens with zero attached hydrogens (tertiary/aromatic N) is 2. The van der Waals surface area contributed by atoms with Gasteiger partial charge in [-0.1, -0.05) is 71.4 Å². The molecule has 9 heteroatoms. The number of thioether (sulfide) groups is 1. The number of amides is 1. The number of para-hydroxylation sites is 1. The summed E-state index contributed by atoms with van der Waals surface area (Å²) < 4.78 is 2.21. The van der Waals surface area contributed by atoms with E-state index in [1.165, 1.54) is 0 Å². The first kappa shape index (κ1) is 20.9. The van der Waals surface area contributed by atoms with Gasteiger partial charge < -0.3 is 14.5 Å². The van der Waals surface area contributed by atoms with Crippen LogP contribution in [0.3, 0.4) is 0 Å². The number of fused-ring (bicyclic) bond motifs is 1. The van der Waals surface area contributed by atoms with Gasteiger partial charge in [0, 0.05) is 38.3 Å². The van der Waals surface area contributed by atoms with E-state index >= 15 is 0 Å². The van der Waals surface area contributed by atoms with Crippen molar-refractivity contribution in [1.29, 1.82) is 0 Å². The summed E-state index contributed by atoms with van der Waals surface area (Å²) in [7, 11) is 0. The molecule has 1 aliphatic rings. The number of carbonyl (C=O) groups excluding carboxylic acids is 2. The van der Waals surface area contributed by atoms with E-state index in [2.05, 4.69) is 0 Å². The minimum absolute atomic E-state index is 0.196. The SMILES string of the molecule is O=C([O-])CN1C(=O)/C(=C\c2cn(Cc3c(Cl)cccc3Cl)c3ccccc23)SC1=S. The van der Waals surface area contributed by atoms with Crippen LogP contribution in [0, 0.1) is 0 Å². The molecule has 0 spiro atoms. The van der Waals surface area contributed by atoms with Crippen molar-refractivity contribution < 1.29 is 14.7 Å². The first-order valence-corrected chi connectivity index (χ1v) is 10.8. The standard InChI is InChI=1S/C21H14Cl2N2O3S2/c22-15-5-3-6-16(23)14(15)10-24-9-12(13-4-1-2-7-17(13)24)8-18-20(28)25(11-19(26)27)21(29)30-18/h1-9H,10-11H2,(H,26,27)/p-1/b18-8+. The number of aromatic nitrogens is 1. The van der Waals surface area contributed by atoms with Crippen molar-refractivity contribution in [3.8, 4) is 0 Å². The Bertz CT molecular complexity index is 1220. The minimum atomic E-state index is -1.36. The number of carboxylic acid groups (broad SMARTS) is 1. The summed E-state index contributed by atoms with van der Waals surface area (Å²) >= 11 is 18.9. The maximum absolute atomic E-state index is 12.6. The third-order valence-electron chi connectivity index (χ3n) is 4.66. The molecule has 0 N–H and O–H groups in total. The number of hydrogen-bond donors (Lipinski definition) is 0. The second-order valence-electron chi connectivity index (χ2n) is 6.57. The highest BCUT2D eigenvalue weighted by Crippen LogP contribution is 2.35. The lowest BCUT2D eigenvalue weighted by atomic mass is 10.1. The van der Waals surface area contributed by atoms with Crippen molar-refractivity contribution in [2.75, 3.05) is 6.54 Å². The highest BCUT2D eigenvalue weighted by Gasteiger charge is 2.32. The number of carbonyl (C=O) groups is 2. The molecule has 5 nitrogen and oxygen atoms in total. The van der Waals surface area contributed by atoms with Crippen LogP contribution in [0.25, 0.3) is 17.0 Å². The average Bonchev–Trinajstić information content (AvgIpc) is 3.17. The maximum atomic E-state index is 12.6. The first-order valence-electron chi connectivity index (χ1n) is 8.81. The summed E-state index contributed by atoms with van der Waals surface area (Å²) in [5, 5.41) is 13.0. The lowest BCUT2D eigenvalue weighted by Gasteiger charge is -2.14. The number of carboxylic acids is 1. The van der Waals surface area contributed by atoms with Crippen molar-refractivity contribution >= 4 is 80.4 Å². The lowest BCUT2D eigenvalue weighted by molar-refractivity contribution is -0.305. The highest BCUT2D eigenvalue weighted by molar-refractivity contribution is 8.26. The van der Waals surface area contributed by atoms with E-state index < -0.39 is 18.4 Å². The van der Waals surface area contributed by atoms with Gasteiger partial charge in [0.15, 0.2) is 0 Å². The van der Waals surface area contributed by atoms with E-state index in [0.717, 1.165) is 38.7 Å². The number of aliphatic carboxylic acids is 1. The molecule has 0 unspecified atom stereocenters. The Morgan fingerprint density at radius 3 is 2.53 bits per heavy atom. The second-order valence-corrected chi connectivity index (χ2v) is 9.06. The Kier molecular flexibility index (Phi) is 5.88. The van der Waals surface area contributed by atoms with E-state index in [1.807, 2.05) is 35.0 Å². The molecule has 0 radical (unpaired) electrons. The topological polar surface area (TPSA) is 65.4 Å². The molecule has 2 heterocycles. The molecule has 1 aliphatic heterocycles. The molecular weight excluding hydrogens is 463 g/mol. The summed E-state index contributed by atoms with van der Waals surface area (Å²) in [4.78, 5) is 24.9. The Balaban J connectivity index is 1.75. The van der Waals surface area contributed by atoms with E-state index in [9.17, 15) is 14.7 Å². The molecule has 1 aromatic heterocycles. The summed E-state index contributed by atoms with van der Waals surface area (Å²) in [5.41, 5.74) is 2.56. The molecule has 2 aromatic carbocycles. The predicted molar refractivity (Wildman–Crippen MR) is 122 cm³/mol. The van der Waals surface area contributed by atoms with Gasteiger partial charge in [0.05, 0.1) is 24.0 Å². The summed E-state index contributed by atoms with van der Waals surface area (Å²) in [6.07, 6.45) is 3.64. The van der Waals surface area contributed by atoms with Gasteiger partial charge in [-0.2, -0.15) is 0 Å². The van der Waals surface area contributed by atoms with Gasteiger partial charge in [0.25, 0.3) is 5.91 Å². The number of hydrogen-bond acceptors (Lipinski definition) is 5. The Hall–Kier alpha value is -2.32. The van der Waals surface area contributed by atoms with Crippen molar-refractivity contribution in [3.05, 3.63) is 74.7 Å². The molecule has 0 saturated carbocycles. The van der Waals surface area contributed by atoms with Crippen LogP contribution in [0.4, 0.5) is 0 Å². The Morgan fingerprint density at radius 1 is 1.13 bits per heavy atom. The van der Waals surface area contributed by atoms with Crippen LogP contribution < -0.4 is 5.11 Å². The minimum Gasteiger partial charge on any atom is -0.548 e. The fourth-order valence-electron chi connectivity index (χ4n) is 3.28. The van der Waals surface area contributed by atoms with Crippen LogP contribution in [0.15, 0.2) is 53.6 Å². The van der Waals surface area contributed by atoms with Crippen molar-refractivity contribution in [2.24, 2.45) is 0 Å². The Labute approximate surface area is 191 Å². The van der Waals surface area contributed by atoms with Crippen molar-refractivity contribution in [3.63, 3.8) is 0 Å². The van der Waals surface area contributed by atoms with E-state index in [1.54, 1.807) is 24.3 Å². The fraction of sp³-hybridized carbons (Fsp3) is 0.0952. The van der Waals surface area contributed by atoms with Crippen LogP contribution in [-0.2, 0) is 16.1 Å². The number of rotatable bonds is 5. The summed E-state index contributed by atoms with van der Waals surface area (Å²) in [6.45, 7) is -0.104. The molecule has 0 bridgehead atoms. The predicted octanol–water partition coefficient (Wildman–Crippen LogP) is 3.95. The third-order valence-corrected chi connectivity index (χ3v) is 6.74. The maximum Gasteiger partial charge on any atom is 0.266 e. The van der Waals surface area contributed by atoms with E-state index in [4.69, 9.17) is 35.4 Å². The smallest absolute Gasteiger partial charge is 0.266 e. The highest BCUT2D eigenvalue weighted by atomic mass is 35.5. The zero-order chi connectivity index (χ0) is 21.4. The molecule has 0 aliphatic carbocycles. The third kappa shape index (κ3) is 3.98. The van der Waals surface area contributed by atoms with Gasteiger partial charge >= 0.3 is 0 Å². The second kappa shape index (κ2) is 8.43. The van der Waals surface area contributed by atoms with Crippen LogP contribution >= 0.6 is 47.2 Å². The molecule has 1 amide bonds. The summed E-state index contributed by atoms with van der Waals surface area (Å²) in [6, 6.07) is 13.1. The number of halogens is 2. The number of thiocarbonyl (C=S) groups is 1. The Morgan fingerprint density at radius 2 is 1.83 bits per heavy atom. The largest absolute Gasteiger partial charge is 0.548 e. The average molecular weight is 476 g/mol. The van der Waals surface area contributed by atoms with Crippen LogP contribution in [0.2, 0.25) is 10.0 Å². The van der Waals surface area contributed by atoms with Crippen LogP contribution in [-0.4, -0.2) is 32.2 Å². The molecule has 0 atom stereocenters. The first-order chi connectivity index (χ1) is 14.3. The van der Waals surface area contributed by atoms with Gasteiger partial charge in [0.1, 0.15) is 4.32 Å². The van der Waals surface area contributed by atoms with Gasteiger partial charge in [0.2, 0.25) is 0 Å². The monoisotopic (exact) mass is 475 g/mol. The molecule has 3 aromatic rings. The van der Waals surface area contributed by atoms with E-state index in [0.29, 0.717) is 21.5 Å². The van der Waals surface area contributed by atoms with Gasteiger partial charge in [-0.25, -0.2) is 0 Å². The van der Waals surface area contributed by atoms with Crippen molar-refractivity contribution in [1.82, 2.24) is 9.47 Å². The molecule has 1 saturated heterocycles. The van der Waals surface area contributed by atoms with Gasteiger partial charge in [-0.3, -0.25) is 9.69 Å². The van der Waals surface area contributed by atoms with Gasteiger partial charge in [-0.05, 0) is 24.3 Å². The van der Waals surface area contributed by atoms with Gasteiger partial charge in [-0.15, -0.1) is 0 Å². The quantitative estimate of drug-likeness (QED) is 0.412. The fourth-order valence-corrected chi connectivity index (χ4v) is 5.04. The molecule has 4 rings (SSSR count). The van der Waals surface area contributed by atoms with E-state index in [-0.39, 0.29) is 4.32 Å².